The van der Waals surface area contributed by atoms with Crippen LogP contribution in [0, 0.1) is 6.92 Å². The molecule has 0 aliphatic rings. The number of hydrogen-bond acceptors (Lipinski definition) is 4. The zero-order chi connectivity index (χ0) is 25.8. The first-order valence-electron chi connectivity index (χ1n) is 11.9. The molecule has 0 bridgehead atoms. The number of fused-ring (bicyclic) bond motifs is 1. The van der Waals surface area contributed by atoms with Gasteiger partial charge < -0.3 is 19.9 Å². The van der Waals surface area contributed by atoms with Gasteiger partial charge in [0.05, 0.1) is 18.1 Å². The normalized spacial score (nSPS) is 10.8. The first-order chi connectivity index (χ1) is 18.0. The van der Waals surface area contributed by atoms with Crippen LogP contribution in [0.1, 0.15) is 15.9 Å². The molecule has 7 nitrogen and oxygen atoms in total. The zero-order valence-corrected chi connectivity index (χ0v) is 20.6. The van der Waals surface area contributed by atoms with Crippen molar-refractivity contribution in [2.75, 3.05) is 17.7 Å². The molecule has 0 unspecified atom stereocenters. The van der Waals surface area contributed by atoms with E-state index in [-0.39, 0.29) is 18.4 Å². The molecule has 1 aromatic heterocycles. The third kappa shape index (κ3) is 5.36. The lowest BCUT2D eigenvalue weighted by molar-refractivity contribution is -0.116. The van der Waals surface area contributed by atoms with Crippen LogP contribution in [0.15, 0.2) is 97.1 Å². The molecule has 5 rings (SSSR count). The molecule has 2 amide bonds. The molecule has 0 aliphatic heterocycles. The second kappa shape index (κ2) is 10.4. The van der Waals surface area contributed by atoms with Crippen LogP contribution in [0.3, 0.4) is 0 Å². The number of para-hydroxylation sites is 2. The maximum Gasteiger partial charge on any atom is 0.255 e. The number of nitrogens with zero attached hydrogens (tertiary/aromatic N) is 2. The van der Waals surface area contributed by atoms with Gasteiger partial charge in [0.1, 0.15) is 18.1 Å². The number of carbonyl (C=O) groups is 2. The average molecular weight is 491 g/mol. The Labute approximate surface area is 214 Å². The number of imidazole rings is 1. The molecule has 4 aromatic carbocycles. The van der Waals surface area contributed by atoms with Crippen molar-refractivity contribution in [3.8, 4) is 17.1 Å². The zero-order valence-electron chi connectivity index (χ0n) is 20.6. The molecule has 0 saturated carbocycles. The van der Waals surface area contributed by atoms with Gasteiger partial charge in [-0.3, -0.25) is 9.59 Å². The van der Waals surface area contributed by atoms with Crippen molar-refractivity contribution in [2.24, 2.45) is 0 Å². The van der Waals surface area contributed by atoms with E-state index in [0.717, 1.165) is 27.8 Å². The van der Waals surface area contributed by atoms with Gasteiger partial charge in [0.2, 0.25) is 5.91 Å². The number of rotatable bonds is 7. The van der Waals surface area contributed by atoms with Crippen molar-refractivity contribution in [2.45, 2.75) is 13.5 Å². The summed E-state index contributed by atoms with van der Waals surface area (Å²) in [6.07, 6.45) is 0. The van der Waals surface area contributed by atoms with E-state index in [2.05, 4.69) is 10.6 Å². The van der Waals surface area contributed by atoms with Crippen molar-refractivity contribution in [1.82, 2.24) is 9.55 Å². The fraction of sp³-hybridized carbons (Fsp3) is 0.100. The van der Waals surface area contributed by atoms with Gasteiger partial charge in [-0.05, 0) is 55.5 Å². The number of benzene rings is 4. The lowest BCUT2D eigenvalue weighted by Crippen LogP contribution is -2.19. The number of anilines is 2. The number of aryl methyl sites for hydroxylation is 1. The van der Waals surface area contributed by atoms with Crippen LogP contribution < -0.4 is 15.4 Å². The van der Waals surface area contributed by atoms with E-state index in [1.165, 1.54) is 0 Å². The molecule has 5 aromatic rings. The first kappa shape index (κ1) is 23.8. The molecular formula is C30H26N4O3. The Hall–Kier alpha value is -4.91. The van der Waals surface area contributed by atoms with E-state index >= 15 is 0 Å². The number of aromatic nitrogens is 2. The van der Waals surface area contributed by atoms with Crippen LogP contribution >= 0.6 is 0 Å². The standard InChI is InChI=1S/C30H26N4O3/c1-20-10-16-23(17-11-20)31-28(35)19-34-27-9-4-3-8-26(27)33-29(34)21-12-14-22(15-13-21)30(36)32-24-6-5-7-25(18-24)37-2/h3-18H,19H2,1-2H3,(H,31,35)(H,32,36). The highest BCUT2D eigenvalue weighted by Crippen LogP contribution is 2.26. The second-order valence-electron chi connectivity index (χ2n) is 8.69. The highest BCUT2D eigenvalue weighted by molar-refractivity contribution is 6.04. The fourth-order valence-electron chi connectivity index (χ4n) is 4.11. The fourth-order valence-corrected chi connectivity index (χ4v) is 4.11. The molecule has 0 atom stereocenters. The van der Waals surface area contributed by atoms with Crippen LogP contribution in [0.2, 0.25) is 0 Å². The van der Waals surface area contributed by atoms with E-state index in [4.69, 9.17) is 9.72 Å². The maximum atomic E-state index is 12.9. The molecule has 37 heavy (non-hydrogen) atoms. The number of methoxy groups -OCH3 is 1. The van der Waals surface area contributed by atoms with Crippen molar-refractivity contribution in [3.63, 3.8) is 0 Å². The molecule has 0 radical (unpaired) electrons. The van der Waals surface area contributed by atoms with Gasteiger partial charge in [-0.15, -0.1) is 0 Å². The summed E-state index contributed by atoms with van der Waals surface area (Å²) < 4.78 is 7.11. The highest BCUT2D eigenvalue weighted by Gasteiger charge is 2.16. The number of hydrogen-bond donors (Lipinski definition) is 2. The summed E-state index contributed by atoms with van der Waals surface area (Å²) >= 11 is 0. The van der Waals surface area contributed by atoms with Crippen LogP contribution in [0.5, 0.6) is 5.75 Å². The Morgan fingerprint density at radius 2 is 1.59 bits per heavy atom. The van der Waals surface area contributed by atoms with Crippen LogP contribution in [0.4, 0.5) is 11.4 Å². The SMILES string of the molecule is COc1cccc(NC(=O)c2ccc(-c3nc4ccccc4n3CC(=O)Nc3ccc(C)cc3)cc2)c1. The van der Waals surface area contributed by atoms with Gasteiger partial charge in [0, 0.05) is 28.6 Å². The summed E-state index contributed by atoms with van der Waals surface area (Å²) in [6, 6.07) is 29.8. The monoisotopic (exact) mass is 490 g/mol. The van der Waals surface area contributed by atoms with Gasteiger partial charge >= 0.3 is 0 Å². The van der Waals surface area contributed by atoms with Crippen LogP contribution in [-0.2, 0) is 11.3 Å². The largest absolute Gasteiger partial charge is 0.497 e. The molecule has 0 fully saturated rings. The van der Waals surface area contributed by atoms with Gasteiger partial charge in [0.25, 0.3) is 5.91 Å². The van der Waals surface area contributed by atoms with Crippen molar-refractivity contribution in [3.05, 3.63) is 108 Å². The first-order valence-corrected chi connectivity index (χ1v) is 11.9. The van der Waals surface area contributed by atoms with Gasteiger partial charge in [-0.2, -0.15) is 0 Å². The van der Waals surface area contributed by atoms with E-state index in [9.17, 15) is 9.59 Å². The molecule has 7 heteroatoms. The predicted molar refractivity (Wildman–Crippen MR) is 146 cm³/mol. The van der Waals surface area contributed by atoms with Crippen LogP contribution in [-0.4, -0.2) is 28.5 Å². The molecule has 184 valence electrons. The molecular weight excluding hydrogens is 464 g/mol. The molecule has 2 N–H and O–H groups in total. The number of ether oxygens (including phenoxy) is 1. The summed E-state index contributed by atoms with van der Waals surface area (Å²) in [5.41, 5.74) is 5.48. The number of nitrogens with one attached hydrogen (secondary N) is 2. The average Bonchev–Trinajstić information content (AvgIpc) is 3.28. The highest BCUT2D eigenvalue weighted by atomic mass is 16.5. The summed E-state index contributed by atoms with van der Waals surface area (Å²) in [5.74, 6) is 0.937. The molecule has 0 spiro atoms. The third-order valence-corrected chi connectivity index (χ3v) is 6.02. The minimum atomic E-state index is -0.231. The third-order valence-electron chi connectivity index (χ3n) is 6.02. The van der Waals surface area contributed by atoms with E-state index < -0.39 is 0 Å². The Kier molecular flexibility index (Phi) is 6.68. The van der Waals surface area contributed by atoms with E-state index in [1.54, 1.807) is 31.4 Å². The second-order valence-corrected chi connectivity index (χ2v) is 8.69. The quantitative estimate of drug-likeness (QED) is 0.297. The Balaban J connectivity index is 1.39. The Bertz CT molecular complexity index is 1570. The molecule has 1 heterocycles. The summed E-state index contributed by atoms with van der Waals surface area (Å²) in [4.78, 5) is 30.5. The molecule has 0 saturated heterocycles. The van der Waals surface area contributed by atoms with Crippen molar-refractivity contribution in [1.29, 1.82) is 0 Å². The van der Waals surface area contributed by atoms with Gasteiger partial charge in [-0.25, -0.2) is 4.98 Å². The predicted octanol–water partition coefficient (Wildman–Crippen LogP) is 5.91. The summed E-state index contributed by atoms with van der Waals surface area (Å²) in [7, 11) is 1.58. The van der Waals surface area contributed by atoms with E-state index in [0.29, 0.717) is 22.8 Å². The number of carbonyl (C=O) groups excluding carboxylic acids is 2. The van der Waals surface area contributed by atoms with E-state index in [1.807, 2.05) is 84.3 Å². The van der Waals surface area contributed by atoms with Crippen molar-refractivity contribution >= 4 is 34.2 Å². The van der Waals surface area contributed by atoms with Gasteiger partial charge in [0.15, 0.2) is 0 Å². The summed E-state index contributed by atoms with van der Waals surface area (Å²) in [5, 5.41) is 5.84. The lowest BCUT2D eigenvalue weighted by Gasteiger charge is -2.11. The topological polar surface area (TPSA) is 85.2 Å². The molecule has 0 aliphatic carbocycles. The number of amides is 2. The Morgan fingerprint density at radius 3 is 2.35 bits per heavy atom. The summed E-state index contributed by atoms with van der Waals surface area (Å²) in [6.45, 7) is 2.10. The smallest absolute Gasteiger partial charge is 0.255 e. The van der Waals surface area contributed by atoms with Crippen molar-refractivity contribution < 1.29 is 14.3 Å². The lowest BCUT2D eigenvalue weighted by atomic mass is 10.1. The minimum absolute atomic E-state index is 0.0990. The maximum absolute atomic E-state index is 12.9. The Morgan fingerprint density at radius 1 is 0.838 bits per heavy atom. The minimum Gasteiger partial charge on any atom is -0.497 e. The van der Waals surface area contributed by atoms with Crippen LogP contribution in [0.25, 0.3) is 22.4 Å². The van der Waals surface area contributed by atoms with Gasteiger partial charge in [-0.1, -0.05) is 48.0 Å².